The molecule has 0 aliphatic rings. The van der Waals surface area contributed by atoms with Crippen molar-refractivity contribution in [1.29, 1.82) is 0 Å². The summed E-state index contributed by atoms with van der Waals surface area (Å²) >= 11 is 0. The van der Waals surface area contributed by atoms with Gasteiger partial charge in [0.05, 0.1) is 0 Å². The zero-order valence-electron chi connectivity index (χ0n) is 23.8. The summed E-state index contributed by atoms with van der Waals surface area (Å²) in [4.78, 5) is 24.6. The van der Waals surface area contributed by atoms with Crippen LogP contribution in [0.15, 0.2) is 12.2 Å². The van der Waals surface area contributed by atoms with E-state index in [1.165, 1.54) is 0 Å². The van der Waals surface area contributed by atoms with Gasteiger partial charge in [0.25, 0.3) is 0 Å². The van der Waals surface area contributed by atoms with Crippen LogP contribution in [-0.2, 0) is 35.5 Å². The fourth-order valence-electron chi connectivity index (χ4n) is 3.39. The molecule has 0 radical (unpaired) electrons. The molecule has 0 fully saturated rings. The van der Waals surface area contributed by atoms with Gasteiger partial charge in [0.2, 0.25) is 0 Å². The van der Waals surface area contributed by atoms with E-state index in [4.69, 9.17) is 25.9 Å². The third kappa shape index (κ3) is 18.1. The number of hydrogen-bond acceptors (Lipinski definition) is 8. The maximum atomic E-state index is 12.3. The van der Waals surface area contributed by atoms with Crippen molar-refractivity contribution in [2.75, 3.05) is 12.5 Å². The molecule has 0 rings (SSSR count). The van der Waals surface area contributed by atoms with Crippen molar-refractivity contribution in [3.8, 4) is 0 Å². The fraction of sp³-hybridized carbons (Fsp3) is 0.800. The van der Waals surface area contributed by atoms with Crippen LogP contribution in [0.1, 0.15) is 0 Å². The molecule has 0 bridgehead atoms. The van der Waals surface area contributed by atoms with E-state index in [-0.39, 0.29) is 12.5 Å². The summed E-state index contributed by atoms with van der Waals surface area (Å²) in [7, 11) is -13.0. The Morgan fingerprint density at radius 1 is 0.471 bits per heavy atom. The highest BCUT2D eigenvalue weighted by molar-refractivity contribution is 6.88. The topological polar surface area (TPSA) is 89.5 Å². The number of carbonyl (C=O) groups excluding carboxylic acids is 2. The first-order valence-corrected chi connectivity index (χ1v) is 30.3. The van der Waals surface area contributed by atoms with Gasteiger partial charge in [-0.1, -0.05) is 0 Å². The molecule has 0 aromatic rings. The van der Waals surface area contributed by atoms with Gasteiger partial charge in [0, 0.05) is 12.2 Å². The van der Waals surface area contributed by atoms with Gasteiger partial charge in [-0.25, -0.2) is 9.59 Å². The molecule has 0 amide bonds. The van der Waals surface area contributed by atoms with Crippen LogP contribution >= 0.6 is 0 Å². The number of hydrogen-bond donors (Lipinski definition) is 0. The monoisotopic (exact) mass is 584 g/mol. The Bertz CT molecular complexity index is 625. The van der Waals surface area contributed by atoms with Gasteiger partial charge < -0.3 is 25.9 Å². The normalized spacial score (nSPS) is 14.4. The smallest absolute Gasteiger partial charge is 0.353 e. The van der Waals surface area contributed by atoms with E-state index in [1.54, 1.807) is 0 Å². The van der Waals surface area contributed by atoms with Gasteiger partial charge in [0.1, 0.15) is 12.5 Å². The molecule has 34 heavy (non-hydrogen) atoms. The Morgan fingerprint density at radius 3 is 0.853 bits per heavy atom. The molecule has 0 aromatic heterocycles. The average Bonchev–Trinajstić information content (AvgIpc) is 2.49. The summed E-state index contributed by atoms with van der Waals surface area (Å²) in [5, 5.41) is 0. The molecule has 200 valence electrons. The number of carbonyl (C=O) groups is 2. The minimum Gasteiger partial charge on any atom is -0.461 e. The van der Waals surface area contributed by atoms with Crippen molar-refractivity contribution in [2.45, 2.75) is 91.7 Å². The highest BCUT2D eigenvalue weighted by atomic mass is 28.5. The molecule has 0 spiro atoms. The first kappa shape index (κ1) is 33.8. The van der Waals surface area contributed by atoms with E-state index in [0.717, 1.165) is 12.2 Å². The number of ether oxygens (including phenoxy) is 2. The largest absolute Gasteiger partial charge is 0.461 e. The van der Waals surface area contributed by atoms with E-state index < -0.39 is 62.3 Å². The summed E-state index contributed by atoms with van der Waals surface area (Å²) in [6.07, 6.45) is 2.30. The minimum absolute atomic E-state index is 0.0683. The van der Waals surface area contributed by atoms with Gasteiger partial charge in [0.15, 0.2) is 33.3 Å². The van der Waals surface area contributed by atoms with Crippen LogP contribution in [0.3, 0.4) is 0 Å². The van der Waals surface area contributed by atoms with E-state index in [2.05, 4.69) is 78.6 Å². The Kier molecular flexibility index (Phi) is 12.3. The predicted octanol–water partition coefficient (Wildman–Crippen LogP) is 5.26. The van der Waals surface area contributed by atoms with Gasteiger partial charge in [-0.05, 0) is 91.7 Å². The summed E-state index contributed by atoms with van der Waals surface area (Å²) in [5.41, 5.74) is 0. The van der Waals surface area contributed by atoms with Crippen LogP contribution in [0, 0.1) is 0 Å². The molecule has 0 N–H and O–H groups in total. The highest BCUT2D eigenvalue weighted by Crippen LogP contribution is 2.22. The van der Waals surface area contributed by atoms with Crippen LogP contribution in [0.5, 0.6) is 0 Å². The molecule has 14 heteroatoms. The zero-order valence-corrected chi connectivity index (χ0v) is 29.8. The third-order valence-corrected chi connectivity index (χ3v) is 21.4. The lowest BCUT2D eigenvalue weighted by molar-refractivity contribution is -0.139. The van der Waals surface area contributed by atoms with E-state index in [9.17, 15) is 9.59 Å². The maximum Gasteiger partial charge on any atom is 0.353 e. The molecule has 0 aliphatic carbocycles. The first-order chi connectivity index (χ1) is 14.8. The molecule has 0 heterocycles. The van der Waals surface area contributed by atoms with Crippen molar-refractivity contribution in [1.82, 2.24) is 0 Å². The molecule has 8 nitrogen and oxygen atoms in total. The third-order valence-electron chi connectivity index (χ3n) is 3.40. The van der Waals surface area contributed by atoms with Crippen molar-refractivity contribution >= 4 is 62.3 Å². The fourth-order valence-corrected chi connectivity index (χ4v) is 26.9. The Balaban J connectivity index is 5.07. The number of rotatable bonds is 14. The lowest BCUT2D eigenvalue weighted by atomic mass is 10.5. The SMILES string of the molecule is C[Si](C)(C)O[Si](C)(COC(=O)/C=C/C(=O)OC[Si](C)(O[Si](C)(C)C)O[Si](C)(C)C)O[Si](C)(C)C. The molecular formula is C20H48O8Si6. The molecule has 0 saturated heterocycles. The predicted molar refractivity (Wildman–Crippen MR) is 152 cm³/mol. The molecule has 0 aliphatic heterocycles. The van der Waals surface area contributed by atoms with E-state index in [0.29, 0.717) is 0 Å². The van der Waals surface area contributed by atoms with Crippen LogP contribution in [0.2, 0.25) is 91.7 Å². The van der Waals surface area contributed by atoms with Crippen LogP contribution in [0.4, 0.5) is 0 Å². The van der Waals surface area contributed by atoms with Crippen molar-refractivity contribution in [3.63, 3.8) is 0 Å². The zero-order chi connectivity index (χ0) is 27.2. The second kappa shape index (κ2) is 12.4. The summed E-state index contributed by atoms with van der Waals surface area (Å²) in [6, 6.07) is 0. The van der Waals surface area contributed by atoms with E-state index >= 15 is 0 Å². The Morgan fingerprint density at radius 2 is 0.676 bits per heavy atom. The summed E-state index contributed by atoms with van der Waals surface area (Å²) < 4.78 is 36.1. The lowest BCUT2D eigenvalue weighted by Crippen LogP contribution is -2.56. The molecule has 0 unspecified atom stereocenters. The number of esters is 2. The van der Waals surface area contributed by atoms with Gasteiger partial charge >= 0.3 is 29.1 Å². The average molecular weight is 585 g/mol. The van der Waals surface area contributed by atoms with Gasteiger partial charge in [-0.15, -0.1) is 0 Å². The standard InChI is InChI=1S/C20H48O8Si6/c1-29(2,3)25-33(13,26-30(4,5)6)17-23-19(21)15-16-20(22)24-18-34(14,27-31(7,8)9)28-32(10,11)12/h15-16H,17-18H2,1-14H3/b16-15+. The second-order valence-corrected chi connectivity index (χ2v) is 38.0. The summed E-state index contributed by atoms with van der Waals surface area (Å²) in [6.45, 7) is 28.8. The second-order valence-electron chi connectivity index (χ2n) is 12.7. The Labute approximate surface area is 213 Å². The van der Waals surface area contributed by atoms with Crippen molar-refractivity contribution < 1.29 is 35.5 Å². The molecule has 0 aromatic carbocycles. The van der Waals surface area contributed by atoms with Crippen molar-refractivity contribution in [3.05, 3.63) is 12.2 Å². The lowest BCUT2D eigenvalue weighted by Gasteiger charge is -2.37. The minimum atomic E-state index is -2.71. The van der Waals surface area contributed by atoms with Gasteiger partial charge in [-0.3, -0.25) is 0 Å². The summed E-state index contributed by atoms with van der Waals surface area (Å²) in [5.74, 6) is -1.27. The first-order valence-electron chi connectivity index (χ1n) is 11.6. The van der Waals surface area contributed by atoms with Crippen LogP contribution in [-0.4, -0.2) is 74.8 Å². The van der Waals surface area contributed by atoms with Crippen LogP contribution in [0.25, 0.3) is 0 Å². The molecule has 0 atom stereocenters. The van der Waals surface area contributed by atoms with Gasteiger partial charge in [-0.2, -0.15) is 0 Å². The van der Waals surface area contributed by atoms with E-state index in [1.807, 2.05) is 13.1 Å². The van der Waals surface area contributed by atoms with Crippen LogP contribution < -0.4 is 0 Å². The quantitative estimate of drug-likeness (QED) is 0.155. The molecular weight excluding hydrogens is 537 g/mol. The molecule has 0 saturated carbocycles. The Hall–Kier alpha value is -0.179. The maximum absolute atomic E-state index is 12.3. The highest BCUT2D eigenvalue weighted by Gasteiger charge is 2.43. The van der Waals surface area contributed by atoms with Crippen molar-refractivity contribution in [2.24, 2.45) is 0 Å².